The zero-order valence-corrected chi connectivity index (χ0v) is 11.4. The van der Waals surface area contributed by atoms with Crippen molar-refractivity contribution in [3.05, 3.63) is 58.7 Å². The van der Waals surface area contributed by atoms with Crippen molar-refractivity contribution in [3.63, 3.8) is 0 Å². The summed E-state index contributed by atoms with van der Waals surface area (Å²) in [6.07, 6.45) is 6.50. The van der Waals surface area contributed by atoms with Gasteiger partial charge in [-0.1, -0.05) is 17.7 Å². The number of carbonyl (C=O) groups is 1. The Balaban J connectivity index is 2.22. The molecule has 1 unspecified atom stereocenters. The number of rotatable bonds is 1. The van der Waals surface area contributed by atoms with E-state index in [9.17, 15) is 4.79 Å². The number of hydrogen-bond acceptors (Lipinski definition) is 3. The van der Waals surface area contributed by atoms with E-state index in [4.69, 9.17) is 21.1 Å². The fourth-order valence-electron chi connectivity index (χ4n) is 2.59. The first-order valence-electron chi connectivity index (χ1n) is 5.97. The lowest BCUT2D eigenvalue weighted by molar-refractivity contribution is -0.239. The smallest absolute Gasteiger partial charge is 0.193 e. The molecule has 1 aromatic carbocycles. The fourth-order valence-corrected chi connectivity index (χ4v) is 2.76. The van der Waals surface area contributed by atoms with Gasteiger partial charge in [0.05, 0.1) is 0 Å². The second kappa shape index (κ2) is 4.04. The van der Waals surface area contributed by atoms with Crippen molar-refractivity contribution in [2.75, 3.05) is 7.11 Å². The van der Waals surface area contributed by atoms with E-state index in [1.807, 2.05) is 19.1 Å². The maximum Gasteiger partial charge on any atom is 0.193 e. The highest BCUT2D eigenvalue weighted by molar-refractivity contribution is 6.30. The molecule has 0 saturated carbocycles. The van der Waals surface area contributed by atoms with Gasteiger partial charge in [-0.3, -0.25) is 4.79 Å². The van der Waals surface area contributed by atoms with Gasteiger partial charge < -0.3 is 9.47 Å². The highest BCUT2D eigenvalue weighted by atomic mass is 35.5. The van der Waals surface area contributed by atoms with Gasteiger partial charge in [0.2, 0.25) is 0 Å². The van der Waals surface area contributed by atoms with Gasteiger partial charge in [-0.2, -0.15) is 0 Å². The number of ketones is 1. The SMILES string of the molecule is COC1(C)OC2(C=CC(=O)C=C2)c2cc(Cl)ccc21. The molecule has 0 saturated heterocycles. The van der Waals surface area contributed by atoms with Crippen LogP contribution in [0.1, 0.15) is 18.1 Å². The monoisotopic (exact) mass is 276 g/mol. The summed E-state index contributed by atoms with van der Waals surface area (Å²) in [5.74, 6) is -0.904. The van der Waals surface area contributed by atoms with Crippen molar-refractivity contribution in [2.24, 2.45) is 0 Å². The first-order chi connectivity index (χ1) is 8.99. The summed E-state index contributed by atoms with van der Waals surface area (Å²) in [4.78, 5) is 11.3. The molecule has 0 bridgehead atoms. The first-order valence-corrected chi connectivity index (χ1v) is 6.35. The van der Waals surface area contributed by atoms with Crippen LogP contribution in [-0.4, -0.2) is 12.9 Å². The Hall–Kier alpha value is -1.42. The molecular weight excluding hydrogens is 264 g/mol. The molecule has 1 heterocycles. The topological polar surface area (TPSA) is 35.5 Å². The highest BCUT2D eigenvalue weighted by Gasteiger charge is 2.49. The number of halogens is 1. The van der Waals surface area contributed by atoms with Crippen LogP contribution in [0.5, 0.6) is 0 Å². The van der Waals surface area contributed by atoms with Gasteiger partial charge in [0.15, 0.2) is 11.6 Å². The van der Waals surface area contributed by atoms with E-state index in [0.29, 0.717) is 5.02 Å². The molecule has 4 heteroatoms. The van der Waals surface area contributed by atoms with Crippen LogP contribution in [0.2, 0.25) is 5.02 Å². The van der Waals surface area contributed by atoms with E-state index in [0.717, 1.165) is 11.1 Å². The molecule has 0 amide bonds. The Morgan fingerprint density at radius 1 is 1.21 bits per heavy atom. The predicted octanol–water partition coefficient (Wildman–Crippen LogP) is 3.08. The third kappa shape index (κ3) is 1.77. The predicted molar refractivity (Wildman–Crippen MR) is 71.9 cm³/mol. The Kier molecular flexibility index (Phi) is 2.68. The molecule has 98 valence electrons. The molecule has 2 aliphatic rings. The Bertz CT molecular complexity index is 602. The number of hydrogen-bond donors (Lipinski definition) is 0. The van der Waals surface area contributed by atoms with Crippen LogP contribution in [0.4, 0.5) is 0 Å². The van der Waals surface area contributed by atoms with Crippen molar-refractivity contribution in [1.82, 2.24) is 0 Å². The van der Waals surface area contributed by atoms with E-state index in [2.05, 4.69) is 0 Å². The molecule has 1 aliphatic carbocycles. The second-order valence-corrected chi connectivity index (χ2v) is 5.24. The number of ether oxygens (including phenoxy) is 2. The minimum Gasteiger partial charge on any atom is -0.349 e. The van der Waals surface area contributed by atoms with Gasteiger partial charge >= 0.3 is 0 Å². The Morgan fingerprint density at radius 2 is 1.89 bits per heavy atom. The highest BCUT2D eigenvalue weighted by Crippen LogP contribution is 2.50. The van der Waals surface area contributed by atoms with Gasteiger partial charge in [-0.25, -0.2) is 0 Å². The normalized spacial score (nSPS) is 27.0. The van der Waals surface area contributed by atoms with Crippen molar-refractivity contribution < 1.29 is 14.3 Å². The quantitative estimate of drug-likeness (QED) is 0.791. The van der Waals surface area contributed by atoms with E-state index < -0.39 is 11.4 Å². The van der Waals surface area contributed by atoms with Gasteiger partial charge in [0.1, 0.15) is 5.60 Å². The fraction of sp³-hybridized carbons (Fsp3) is 0.267. The van der Waals surface area contributed by atoms with Crippen LogP contribution in [0.25, 0.3) is 0 Å². The molecule has 1 aliphatic heterocycles. The summed E-state index contributed by atoms with van der Waals surface area (Å²) >= 11 is 6.08. The average molecular weight is 277 g/mol. The molecule has 19 heavy (non-hydrogen) atoms. The molecule has 0 N–H and O–H groups in total. The lowest BCUT2D eigenvalue weighted by Gasteiger charge is -2.29. The number of benzene rings is 1. The van der Waals surface area contributed by atoms with Crippen molar-refractivity contribution in [2.45, 2.75) is 18.3 Å². The first kappa shape index (κ1) is 12.6. The molecule has 1 spiro atoms. The number of fused-ring (bicyclic) bond motifs is 2. The summed E-state index contributed by atoms with van der Waals surface area (Å²) in [6.45, 7) is 1.85. The summed E-state index contributed by atoms with van der Waals surface area (Å²) in [6, 6.07) is 5.56. The van der Waals surface area contributed by atoms with Crippen LogP contribution in [0.15, 0.2) is 42.5 Å². The minimum atomic E-state index is -0.852. The minimum absolute atomic E-state index is 0.0520. The average Bonchev–Trinajstić information content (AvgIpc) is 2.64. The number of allylic oxidation sites excluding steroid dienone is 2. The van der Waals surface area contributed by atoms with Crippen LogP contribution >= 0.6 is 11.6 Å². The maximum atomic E-state index is 11.3. The molecule has 1 aromatic rings. The van der Waals surface area contributed by atoms with Crippen molar-refractivity contribution in [3.8, 4) is 0 Å². The summed E-state index contributed by atoms with van der Waals surface area (Å²) in [5, 5.41) is 0.626. The lowest BCUT2D eigenvalue weighted by Crippen LogP contribution is -2.30. The molecule has 0 fully saturated rings. The molecular formula is C15H13ClO3. The zero-order valence-electron chi connectivity index (χ0n) is 10.6. The summed E-state index contributed by atoms with van der Waals surface area (Å²) in [7, 11) is 1.60. The van der Waals surface area contributed by atoms with E-state index >= 15 is 0 Å². The van der Waals surface area contributed by atoms with Crippen LogP contribution < -0.4 is 0 Å². The molecule has 0 radical (unpaired) electrons. The third-order valence-corrected chi connectivity index (χ3v) is 3.87. The second-order valence-electron chi connectivity index (χ2n) is 4.80. The lowest BCUT2D eigenvalue weighted by atomic mass is 9.87. The largest absolute Gasteiger partial charge is 0.349 e. The van der Waals surface area contributed by atoms with Gasteiger partial charge in [0.25, 0.3) is 0 Å². The molecule has 0 aromatic heterocycles. The number of methoxy groups -OCH3 is 1. The molecule has 3 rings (SSSR count). The van der Waals surface area contributed by atoms with E-state index in [1.54, 1.807) is 25.3 Å². The molecule has 3 nitrogen and oxygen atoms in total. The third-order valence-electron chi connectivity index (χ3n) is 3.64. The van der Waals surface area contributed by atoms with Crippen molar-refractivity contribution >= 4 is 17.4 Å². The Labute approximate surface area is 116 Å². The molecule has 1 atom stereocenters. The summed E-state index contributed by atoms with van der Waals surface area (Å²) < 4.78 is 11.6. The van der Waals surface area contributed by atoms with Gasteiger partial charge in [-0.15, -0.1) is 0 Å². The van der Waals surface area contributed by atoms with Crippen LogP contribution in [0.3, 0.4) is 0 Å². The summed E-state index contributed by atoms with van der Waals surface area (Å²) in [5.41, 5.74) is 1.05. The van der Waals surface area contributed by atoms with Crippen molar-refractivity contribution in [1.29, 1.82) is 0 Å². The zero-order chi connectivity index (χ0) is 13.7. The van der Waals surface area contributed by atoms with E-state index in [1.165, 1.54) is 12.2 Å². The van der Waals surface area contributed by atoms with Crippen LogP contribution in [-0.2, 0) is 25.7 Å². The van der Waals surface area contributed by atoms with E-state index in [-0.39, 0.29) is 5.78 Å². The Morgan fingerprint density at radius 3 is 2.53 bits per heavy atom. The van der Waals surface area contributed by atoms with Gasteiger partial charge in [-0.05, 0) is 43.4 Å². The maximum absolute atomic E-state index is 11.3. The van der Waals surface area contributed by atoms with Gasteiger partial charge in [0, 0.05) is 23.3 Å². The number of carbonyl (C=O) groups excluding carboxylic acids is 1. The van der Waals surface area contributed by atoms with Crippen LogP contribution in [0, 0.1) is 0 Å². The standard InChI is InChI=1S/C15H13ClO3/c1-14(18-2)12-4-3-10(16)9-13(12)15(19-14)7-5-11(17)6-8-15/h3-9H,1-2H3.